The van der Waals surface area contributed by atoms with Gasteiger partial charge in [-0.2, -0.15) is 0 Å². The first-order valence-corrected chi connectivity index (χ1v) is 13.6. The number of sulfone groups is 1. The van der Waals surface area contributed by atoms with Crippen LogP contribution in [0.2, 0.25) is 0 Å². The zero-order chi connectivity index (χ0) is 26.9. The summed E-state index contributed by atoms with van der Waals surface area (Å²) in [4.78, 5) is 42.7. The largest absolute Gasteiger partial charge is 0.372 e. The predicted molar refractivity (Wildman–Crippen MR) is 136 cm³/mol. The highest BCUT2D eigenvalue weighted by Crippen LogP contribution is 2.34. The summed E-state index contributed by atoms with van der Waals surface area (Å²) in [5.74, 6) is -1.62. The van der Waals surface area contributed by atoms with E-state index in [2.05, 4.69) is 15.6 Å². The Morgan fingerprint density at radius 1 is 1.24 bits per heavy atom. The van der Waals surface area contributed by atoms with E-state index in [4.69, 9.17) is 4.74 Å². The number of rotatable bonds is 7. The number of amides is 3. The van der Waals surface area contributed by atoms with Crippen molar-refractivity contribution in [3.8, 4) is 0 Å². The Morgan fingerprint density at radius 2 is 1.95 bits per heavy atom. The molecule has 4 rings (SSSR count). The molecule has 37 heavy (non-hydrogen) atoms. The van der Waals surface area contributed by atoms with Gasteiger partial charge < -0.3 is 25.3 Å². The zero-order valence-electron chi connectivity index (χ0n) is 20.8. The molecule has 0 spiro atoms. The van der Waals surface area contributed by atoms with E-state index in [1.807, 2.05) is 0 Å². The Morgan fingerprint density at radius 3 is 2.62 bits per heavy atom. The fraction of sp³-hybridized carbons (Fsp3) is 0.400. The first-order chi connectivity index (χ1) is 17.5. The second-order valence-corrected chi connectivity index (χ2v) is 11.4. The summed E-state index contributed by atoms with van der Waals surface area (Å²) in [7, 11) is -1.71. The van der Waals surface area contributed by atoms with E-state index < -0.39 is 21.8 Å². The molecule has 1 atom stereocenters. The number of benzene rings is 1. The lowest BCUT2D eigenvalue weighted by Crippen LogP contribution is -2.48. The van der Waals surface area contributed by atoms with Gasteiger partial charge in [-0.15, -0.1) is 0 Å². The molecule has 0 unspecified atom stereocenters. The van der Waals surface area contributed by atoms with Crippen molar-refractivity contribution < 1.29 is 31.9 Å². The molecule has 2 aliphatic heterocycles. The third-order valence-electron chi connectivity index (χ3n) is 6.66. The Bertz CT molecular complexity index is 1380. The van der Waals surface area contributed by atoms with Crippen LogP contribution in [0.3, 0.4) is 0 Å². The normalized spacial score (nSPS) is 18.4. The van der Waals surface area contributed by atoms with Crippen molar-refractivity contribution in [1.29, 1.82) is 0 Å². The quantitative estimate of drug-likeness (QED) is 0.464. The van der Waals surface area contributed by atoms with Gasteiger partial charge in [-0.25, -0.2) is 12.8 Å². The molecule has 10 nitrogen and oxygen atoms in total. The molecule has 12 heteroatoms. The number of hydrogen-bond donors (Lipinski definition) is 3. The Labute approximate surface area is 214 Å². The smallest absolute Gasteiger partial charge is 0.256 e. The fourth-order valence-electron chi connectivity index (χ4n) is 4.59. The molecular weight excluding hydrogens is 503 g/mol. The second kappa shape index (κ2) is 10.5. The minimum atomic E-state index is -3.11. The van der Waals surface area contributed by atoms with Crippen molar-refractivity contribution in [3.05, 3.63) is 52.1 Å². The Balaban J connectivity index is 1.42. The number of halogens is 1. The topological polar surface area (TPSA) is 138 Å². The standard InChI is InChI=1S/C25H29FN4O6S/c1-14-20(13-18-17-12-16(26)4-5-19(17)29-23(18)31)28-15(2)22(14)24(32)27-7-6-21(36-3)25(33)30-8-10-37(34,35)11-9-30/h4-5,12-13,21,28H,6-11H2,1-3H3,(H,27,32)(H,29,31)/b18-13-/t21-/m0/s1. The van der Waals surface area contributed by atoms with Crippen LogP contribution in [0.15, 0.2) is 18.2 Å². The Hall–Kier alpha value is -3.51. The number of carbonyl (C=O) groups is 3. The molecule has 0 aliphatic carbocycles. The number of aromatic nitrogens is 1. The number of methoxy groups -OCH3 is 1. The number of aromatic amines is 1. The van der Waals surface area contributed by atoms with Crippen LogP contribution in [0.25, 0.3) is 11.6 Å². The van der Waals surface area contributed by atoms with Crippen molar-refractivity contribution in [1.82, 2.24) is 15.2 Å². The molecule has 3 amide bonds. The molecule has 1 fully saturated rings. The number of H-pyrrole nitrogens is 1. The summed E-state index contributed by atoms with van der Waals surface area (Å²) < 4.78 is 42.3. The number of fused-ring (bicyclic) bond motifs is 1. The van der Waals surface area contributed by atoms with Crippen molar-refractivity contribution in [3.63, 3.8) is 0 Å². The maximum atomic E-state index is 13.8. The van der Waals surface area contributed by atoms with Crippen LogP contribution >= 0.6 is 0 Å². The van der Waals surface area contributed by atoms with Crippen LogP contribution in [0, 0.1) is 19.7 Å². The molecular formula is C25H29FN4O6S. The summed E-state index contributed by atoms with van der Waals surface area (Å²) in [6.07, 6.45) is 1.00. The van der Waals surface area contributed by atoms with Crippen LogP contribution in [0.1, 0.15) is 39.3 Å². The maximum absolute atomic E-state index is 13.8. The van der Waals surface area contributed by atoms with Gasteiger partial charge in [-0.1, -0.05) is 0 Å². The van der Waals surface area contributed by atoms with Gasteiger partial charge in [0.1, 0.15) is 11.9 Å². The van der Waals surface area contributed by atoms with Crippen LogP contribution in [0.5, 0.6) is 0 Å². The molecule has 198 valence electrons. The van der Waals surface area contributed by atoms with Crippen molar-refractivity contribution in [2.75, 3.05) is 43.6 Å². The van der Waals surface area contributed by atoms with Gasteiger partial charge in [-0.3, -0.25) is 14.4 Å². The number of carbonyl (C=O) groups excluding carboxylic acids is 3. The molecule has 2 aliphatic rings. The molecule has 0 saturated carbocycles. The van der Waals surface area contributed by atoms with E-state index >= 15 is 0 Å². The number of aryl methyl sites for hydroxylation is 1. The van der Waals surface area contributed by atoms with Crippen molar-refractivity contribution >= 4 is 44.9 Å². The van der Waals surface area contributed by atoms with E-state index in [1.165, 1.54) is 30.2 Å². The average molecular weight is 533 g/mol. The minimum absolute atomic E-state index is 0.0708. The molecule has 1 aromatic heterocycles. The monoisotopic (exact) mass is 532 g/mol. The highest BCUT2D eigenvalue weighted by molar-refractivity contribution is 7.91. The lowest BCUT2D eigenvalue weighted by atomic mass is 10.0. The highest BCUT2D eigenvalue weighted by atomic mass is 32.2. The van der Waals surface area contributed by atoms with E-state index in [0.717, 1.165) is 0 Å². The predicted octanol–water partition coefficient (Wildman–Crippen LogP) is 1.66. The molecule has 0 radical (unpaired) electrons. The van der Waals surface area contributed by atoms with Crippen LogP contribution in [0.4, 0.5) is 10.1 Å². The lowest BCUT2D eigenvalue weighted by Gasteiger charge is -2.29. The van der Waals surface area contributed by atoms with E-state index in [1.54, 1.807) is 19.9 Å². The average Bonchev–Trinajstić information content (AvgIpc) is 3.30. The highest BCUT2D eigenvalue weighted by Gasteiger charge is 2.30. The summed E-state index contributed by atoms with van der Waals surface area (Å²) >= 11 is 0. The van der Waals surface area contributed by atoms with Gasteiger partial charge in [0.25, 0.3) is 17.7 Å². The summed E-state index contributed by atoms with van der Waals surface area (Å²) in [6.45, 7) is 3.89. The third kappa shape index (κ3) is 5.59. The number of ether oxygens (including phenoxy) is 1. The second-order valence-electron chi connectivity index (χ2n) is 9.11. The van der Waals surface area contributed by atoms with Gasteiger partial charge >= 0.3 is 0 Å². The number of nitrogens with zero attached hydrogens (tertiary/aromatic N) is 1. The molecule has 3 heterocycles. The summed E-state index contributed by atoms with van der Waals surface area (Å²) in [5.41, 5.74) is 3.43. The SMILES string of the molecule is CO[C@@H](CCNC(=O)c1c(C)[nH]c(/C=C2\C(=O)Nc3ccc(F)cc32)c1C)C(=O)N1CCS(=O)(=O)CC1. The lowest BCUT2D eigenvalue weighted by molar-refractivity contribution is -0.141. The van der Waals surface area contributed by atoms with Gasteiger partial charge in [0.2, 0.25) is 0 Å². The maximum Gasteiger partial charge on any atom is 0.256 e. The first kappa shape index (κ1) is 26.6. The molecule has 3 N–H and O–H groups in total. The van der Waals surface area contributed by atoms with Crippen LogP contribution in [-0.4, -0.2) is 80.4 Å². The van der Waals surface area contributed by atoms with Crippen LogP contribution < -0.4 is 10.6 Å². The van der Waals surface area contributed by atoms with E-state index in [0.29, 0.717) is 33.8 Å². The van der Waals surface area contributed by atoms with Crippen molar-refractivity contribution in [2.45, 2.75) is 26.4 Å². The fourth-order valence-corrected chi connectivity index (χ4v) is 5.79. The number of anilines is 1. The van der Waals surface area contributed by atoms with Gasteiger partial charge in [0, 0.05) is 49.4 Å². The molecule has 1 aromatic carbocycles. The first-order valence-electron chi connectivity index (χ1n) is 11.8. The summed E-state index contributed by atoms with van der Waals surface area (Å²) in [5, 5.41) is 5.50. The number of hydrogen-bond acceptors (Lipinski definition) is 6. The van der Waals surface area contributed by atoms with Gasteiger partial charge in [-0.05, 0) is 50.1 Å². The molecule has 0 bridgehead atoms. The van der Waals surface area contributed by atoms with E-state index in [-0.39, 0.29) is 60.9 Å². The molecule has 1 saturated heterocycles. The zero-order valence-corrected chi connectivity index (χ0v) is 21.6. The van der Waals surface area contributed by atoms with Gasteiger partial charge in [0.05, 0.1) is 22.6 Å². The van der Waals surface area contributed by atoms with Crippen LogP contribution in [-0.2, 0) is 24.2 Å². The van der Waals surface area contributed by atoms with Crippen molar-refractivity contribution in [2.24, 2.45) is 0 Å². The minimum Gasteiger partial charge on any atom is -0.372 e. The Kier molecular flexibility index (Phi) is 7.51. The molecule has 2 aromatic rings. The number of nitrogens with one attached hydrogen (secondary N) is 3. The third-order valence-corrected chi connectivity index (χ3v) is 8.27. The summed E-state index contributed by atoms with van der Waals surface area (Å²) in [6, 6.07) is 4.06. The van der Waals surface area contributed by atoms with E-state index in [9.17, 15) is 27.2 Å². The van der Waals surface area contributed by atoms with Gasteiger partial charge in [0.15, 0.2) is 9.84 Å².